The van der Waals surface area contributed by atoms with Gasteiger partial charge in [0.2, 0.25) is 5.09 Å². The molecule has 2 fully saturated rings. The summed E-state index contributed by atoms with van der Waals surface area (Å²) < 4.78 is 31.0. The molecule has 0 unspecified atom stereocenters. The van der Waals surface area contributed by atoms with Crippen LogP contribution in [-0.2, 0) is 10.0 Å². The molecule has 0 bridgehead atoms. The van der Waals surface area contributed by atoms with Gasteiger partial charge in [0.1, 0.15) is 0 Å². The molecule has 114 valence electrons. The number of hydrogen-bond acceptors (Lipinski definition) is 4. The lowest BCUT2D eigenvalue weighted by Crippen LogP contribution is -2.45. The van der Waals surface area contributed by atoms with Crippen LogP contribution in [0.25, 0.3) is 0 Å². The summed E-state index contributed by atoms with van der Waals surface area (Å²) >= 11 is 0. The summed E-state index contributed by atoms with van der Waals surface area (Å²) in [6.45, 7) is 2.24. The van der Waals surface area contributed by atoms with Crippen molar-refractivity contribution >= 4 is 22.4 Å². The van der Waals surface area contributed by atoms with Crippen molar-refractivity contribution in [1.82, 2.24) is 9.62 Å². The topological polar surface area (TPSA) is 62.6 Å². The first-order valence-corrected chi connectivity index (χ1v) is 8.37. The Morgan fingerprint density at radius 1 is 1.25 bits per heavy atom. The first-order valence-electron chi connectivity index (χ1n) is 6.93. The van der Waals surface area contributed by atoms with E-state index in [-0.39, 0.29) is 17.5 Å². The number of piperidine rings is 1. The van der Waals surface area contributed by atoms with Crippen molar-refractivity contribution in [1.29, 1.82) is 0 Å². The van der Waals surface area contributed by atoms with E-state index in [0.717, 1.165) is 25.3 Å². The SMILES string of the molecule is Cl.O=S(=O)(c1ccco1)N1CCC(NCC2CC2)CC1. The van der Waals surface area contributed by atoms with Gasteiger partial charge >= 0.3 is 0 Å². The van der Waals surface area contributed by atoms with Crippen molar-refractivity contribution in [2.45, 2.75) is 36.8 Å². The first kappa shape index (κ1) is 15.8. The third-order valence-electron chi connectivity index (χ3n) is 3.94. The van der Waals surface area contributed by atoms with Gasteiger partial charge in [0.05, 0.1) is 6.26 Å². The van der Waals surface area contributed by atoms with Crippen LogP contribution in [0.2, 0.25) is 0 Å². The van der Waals surface area contributed by atoms with Gasteiger partial charge in [0.25, 0.3) is 10.0 Å². The van der Waals surface area contributed by atoms with E-state index in [2.05, 4.69) is 5.32 Å². The largest absolute Gasteiger partial charge is 0.452 e. The normalized spacial score (nSPS) is 21.6. The number of hydrogen-bond donors (Lipinski definition) is 1. The van der Waals surface area contributed by atoms with Crippen LogP contribution >= 0.6 is 12.4 Å². The molecule has 7 heteroatoms. The molecular formula is C13H21ClN2O3S. The number of halogens is 1. The Labute approximate surface area is 126 Å². The molecule has 1 N–H and O–H groups in total. The van der Waals surface area contributed by atoms with E-state index in [9.17, 15) is 8.42 Å². The second-order valence-corrected chi connectivity index (χ2v) is 7.33. The van der Waals surface area contributed by atoms with E-state index in [4.69, 9.17) is 4.42 Å². The fourth-order valence-electron chi connectivity index (χ4n) is 2.49. The Bertz CT molecular complexity index is 506. The van der Waals surface area contributed by atoms with Gasteiger partial charge in [0, 0.05) is 19.1 Å². The van der Waals surface area contributed by atoms with E-state index in [0.29, 0.717) is 19.1 Å². The van der Waals surface area contributed by atoms with Crippen LogP contribution in [0.5, 0.6) is 0 Å². The van der Waals surface area contributed by atoms with Gasteiger partial charge in [-0.25, -0.2) is 8.42 Å². The summed E-state index contributed by atoms with van der Waals surface area (Å²) in [6, 6.07) is 3.58. The van der Waals surface area contributed by atoms with E-state index < -0.39 is 10.0 Å². The quantitative estimate of drug-likeness (QED) is 0.899. The molecule has 0 aromatic carbocycles. The summed E-state index contributed by atoms with van der Waals surface area (Å²) in [6.07, 6.45) is 5.85. The van der Waals surface area contributed by atoms with E-state index in [1.54, 1.807) is 6.07 Å². The molecule has 0 amide bonds. The van der Waals surface area contributed by atoms with Crippen LogP contribution in [-0.4, -0.2) is 38.4 Å². The second kappa shape index (κ2) is 6.47. The molecular weight excluding hydrogens is 300 g/mol. The van der Waals surface area contributed by atoms with Gasteiger partial charge in [-0.3, -0.25) is 0 Å². The standard InChI is InChI=1S/C13H20N2O3S.ClH/c16-19(17,13-2-1-9-18-13)15-7-5-12(6-8-15)14-10-11-3-4-11;/h1-2,9,11-12,14H,3-8,10H2;1H. The predicted octanol–water partition coefficient (Wildman–Crippen LogP) is 1.85. The van der Waals surface area contributed by atoms with Gasteiger partial charge in [-0.05, 0) is 50.3 Å². The maximum Gasteiger partial charge on any atom is 0.276 e. The Kier molecular flexibility index (Phi) is 5.12. The third kappa shape index (κ3) is 3.55. The van der Waals surface area contributed by atoms with E-state index in [1.165, 1.54) is 29.5 Å². The molecule has 1 aliphatic carbocycles. The molecule has 0 atom stereocenters. The first-order chi connectivity index (χ1) is 9.16. The monoisotopic (exact) mass is 320 g/mol. The summed E-state index contributed by atoms with van der Waals surface area (Å²) in [4.78, 5) is 0. The highest BCUT2D eigenvalue weighted by atomic mass is 35.5. The molecule has 1 aromatic rings. The minimum Gasteiger partial charge on any atom is -0.452 e. The van der Waals surface area contributed by atoms with E-state index in [1.807, 2.05) is 0 Å². The second-order valence-electron chi connectivity index (χ2n) is 5.46. The van der Waals surface area contributed by atoms with Crippen molar-refractivity contribution in [3.05, 3.63) is 18.4 Å². The molecule has 2 heterocycles. The molecule has 1 aromatic heterocycles. The summed E-state index contributed by atoms with van der Waals surface area (Å²) in [5.41, 5.74) is 0. The van der Waals surface area contributed by atoms with Gasteiger partial charge in [-0.2, -0.15) is 4.31 Å². The van der Waals surface area contributed by atoms with Crippen LogP contribution in [0.1, 0.15) is 25.7 Å². The summed E-state index contributed by atoms with van der Waals surface area (Å²) in [7, 11) is -3.42. The zero-order chi connectivity index (χ0) is 13.3. The van der Waals surface area contributed by atoms with Gasteiger partial charge in [0.15, 0.2) is 0 Å². The van der Waals surface area contributed by atoms with Crippen molar-refractivity contribution in [2.75, 3.05) is 19.6 Å². The molecule has 0 spiro atoms. The lowest BCUT2D eigenvalue weighted by atomic mass is 10.1. The summed E-state index contributed by atoms with van der Waals surface area (Å²) in [5.74, 6) is 0.866. The molecule has 20 heavy (non-hydrogen) atoms. The Balaban J connectivity index is 0.00000147. The average molecular weight is 321 g/mol. The molecule has 3 rings (SSSR count). The number of furan rings is 1. The lowest BCUT2D eigenvalue weighted by molar-refractivity contribution is 0.282. The maximum absolute atomic E-state index is 12.2. The Morgan fingerprint density at radius 3 is 2.50 bits per heavy atom. The zero-order valence-electron chi connectivity index (χ0n) is 11.3. The van der Waals surface area contributed by atoms with Crippen LogP contribution < -0.4 is 5.32 Å². The molecule has 1 saturated heterocycles. The highest BCUT2D eigenvalue weighted by Gasteiger charge is 2.31. The number of nitrogens with one attached hydrogen (secondary N) is 1. The van der Waals surface area contributed by atoms with Crippen LogP contribution in [0.15, 0.2) is 27.9 Å². The van der Waals surface area contributed by atoms with Crippen LogP contribution in [0.3, 0.4) is 0 Å². The van der Waals surface area contributed by atoms with Gasteiger partial charge in [-0.1, -0.05) is 0 Å². The Morgan fingerprint density at radius 2 is 1.95 bits per heavy atom. The van der Waals surface area contributed by atoms with Crippen LogP contribution in [0.4, 0.5) is 0 Å². The highest BCUT2D eigenvalue weighted by Crippen LogP contribution is 2.28. The number of nitrogens with zero attached hydrogens (tertiary/aromatic N) is 1. The molecule has 0 radical (unpaired) electrons. The van der Waals surface area contributed by atoms with Gasteiger partial charge < -0.3 is 9.73 Å². The van der Waals surface area contributed by atoms with Gasteiger partial charge in [-0.15, -0.1) is 12.4 Å². The molecule has 5 nitrogen and oxygen atoms in total. The molecule has 2 aliphatic rings. The minimum atomic E-state index is -3.42. The number of rotatable bonds is 5. The fraction of sp³-hybridized carbons (Fsp3) is 0.692. The van der Waals surface area contributed by atoms with E-state index >= 15 is 0 Å². The van der Waals surface area contributed by atoms with Crippen molar-refractivity contribution in [3.63, 3.8) is 0 Å². The predicted molar refractivity (Wildman–Crippen MR) is 78.5 cm³/mol. The zero-order valence-corrected chi connectivity index (χ0v) is 13.0. The maximum atomic E-state index is 12.2. The smallest absolute Gasteiger partial charge is 0.276 e. The highest BCUT2D eigenvalue weighted by molar-refractivity contribution is 7.89. The average Bonchev–Trinajstić information content (AvgIpc) is 3.07. The summed E-state index contributed by atoms with van der Waals surface area (Å²) in [5, 5.41) is 3.60. The Hall–Kier alpha value is -0.560. The van der Waals surface area contributed by atoms with Crippen LogP contribution in [0, 0.1) is 5.92 Å². The third-order valence-corrected chi connectivity index (χ3v) is 5.72. The minimum absolute atomic E-state index is 0. The number of sulfonamides is 1. The lowest BCUT2D eigenvalue weighted by Gasteiger charge is -2.31. The van der Waals surface area contributed by atoms with Crippen molar-refractivity contribution in [3.8, 4) is 0 Å². The molecule has 1 aliphatic heterocycles. The van der Waals surface area contributed by atoms with Crippen molar-refractivity contribution < 1.29 is 12.8 Å². The fourth-order valence-corrected chi connectivity index (χ4v) is 3.87. The van der Waals surface area contributed by atoms with Crippen molar-refractivity contribution in [2.24, 2.45) is 5.92 Å². The molecule has 1 saturated carbocycles.